The number of methoxy groups -OCH3 is 1. The normalized spacial score (nSPS) is 11.9. The molecular formula is C11H15BrClNO4S. The molecule has 1 aromatic rings. The van der Waals surface area contributed by atoms with Crippen LogP contribution in [0.2, 0.25) is 5.02 Å². The van der Waals surface area contributed by atoms with E-state index < -0.39 is 10.0 Å². The van der Waals surface area contributed by atoms with Gasteiger partial charge in [-0.2, -0.15) is 4.31 Å². The smallest absolute Gasteiger partial charge is 0.246 e. The van der Waals surface area contributed by atoms with E-state index in [1.165, 1.54) is 13.2 Å². The molecule has 1 N–H and O–H groups in total. The maximum absolute atomic E-state index is 12.5. The SMILES string of the molecule is CCN(CCO)S(=O)(=O)c1cc(Cl)cc(Br)c1OC. The van der Waals surface area contributed by atoms with Gasteiger partial charge in [0.05, 0.1) is 18.2 Å². The Morgan fingerprint density at radius 2 is 2.11 bits per heavy atom. The van der Waals surface area contributed by atoms with Crippen molar-refractivity contribution in [3.8, 4) is 5.75 Å². The fourth-order valence-electron chi connectivity index (χ4n) is 1.63. The number of ether oxygens (including phenoxy) is 1. The second-order valence-corrected chi connectivity index (χ2v) is 6.84. The fraction of sp³-hybridized carbons (Fsp3) is 0.455. The van der Waals surface area contributed by atoms with Crippen LogP contribution < -0.4 is 4.74 Å². The summed E-state index contributed by atoms with van der Waals surface area (Å²) < 4.78 is 31.7. The van der Waals surface area contributed by atoms with Gasteiger partial charge in [0.2, 0.25) is 10.0 Å². The Bertz CT molecular complexity index is 550. The molecule has 0 aliphatic carbocycles. The molecule has 0 aliphatic rings. The molecule has 0 aromatic heterocycles. The number of hydrogen-bond donors (Lipinski definition) is 1. The van der Waals surface area contributed by atoms with Crippen LogP contribution in [0.1, 0.15) is 6.92 Å². The van der Waals surface area contributed by atoms with Crippen molar-refractivity contribution in [1.29, 1.82) is 0 Å². The number of rotatable bonds is 6. The third kappa shape index (κ3) is 3.61. The maximum atomic E-state index is 12.5. The van der Waals surface area contributed by atoms with Crippen molar-refractivity contribution in [2.75, 3.05) is 26.8 Å². The Balaban J connectivity index is 3.42. The summed E-state index contributed by atoms with van der Waals surface area (Å²) in [4.78, 5) is -0.0234. The van der Waals surface area contributed by atoms with Crippen LogP contribution in [0.25, 0.3) is 0 Å². The van der Waals surface area contributed by atoms with Gasteiger partial charge in [-0.3, -0.25) is 0 Å². The van der Waals surface area contributed by atoms with Crippen molar-refractivity contribution in [1.82, 2.24) is 4.31 Å². The molecule has 0 radical (unpaired) electrons. The van der Waals surface area contributed by atoms with Gasteiger partial charge in [0.25, 0.3) is 0 Å². The van der Waals surface area contributed by atoms with Crippen molar-refractivity contribution in [3.05, 3.63) is 21.6 Å². The first-order valence-electron chi connectivity index (χ1n) is 5.52. The van der Waals surface area contributed by atoms with E-state index in [9.17, 15) is 8.42 Å². The average molecular weight is 373 g/mol. The molecule has 19 heavy (non-hydrogen) atoms. The molecule has 0 amide bonds. The number of aliphatic hydroxyl groups is 1. The van der Waals surface area contributed by atoms with Gasteiger partial charge in [-0.25, -0.2) is 8.42 Å². The number of halogens is 2. The molecule has 0 saturated heterocycles. The topological polar surface area (TPSA) is 66.8 Å². The zero-order valence-corrected chi connectivity index (χ0v) is 13.7. The van der Waals surface area contributed by atoms with Crippen LogP contribution in [-0.4, -0.2) is 44.6 Å². The minimum Gasteiger partial charge on any atom is -0.494 e. The number of hydrogen-bond acceptors (Lipinski definition) is 4. The summed E-state index contributed by atoms with van der Waals surface area (Å²) in [5.74, 6) is 0.195. The standard InChI is InChI=1S/C11H15BrClNO4S/c1-3-14(4-5-15)19(16,17)10-7-8(13)6-9(12)11(10)18-2/h6-7,15H,3-5H2,1-2H3. The third-order valence-electron chi connectivity index (χ3n) is 2.50. The highest BCUT2D eigenvalue weighted by Gasteiger charge is 2.28. The van der Waals surface area contributed by atoms with E-state index >= 15 is 0 Å². The molecule has 1 rings (SSSR count). The molecule has 8 heteroatoms. The largest absolute Gasteiger partial charge is 0.494 e. The van der Waals surface area contributed by atoms with Crippen LogP contribution in [0.3, 0.4) is 0 Å². The average Bonchev–Trinajstić information content (AvgIpc) is 2.34. The van der Waals surface area contributed by atoms with E-state index in [0.29, 0.717) is 4.47 Å². The molecule has 0 spiro atoms. The van der Waals surface area contributed by atoms with Crippen molar-refractivity contribution in [2.24, 2.45) is 0 Å². The number of likely N-dealkylation sites (N-methyl/N-ethyl adjacent to an activating group) is 1. The fourth-order valence-corrected chi connectivity index (χ4v) is 4.44. The molecule has 0 unspecified atom stereocenters. The Hall–Kier alpha value is -0.340. The van der Waals surface area contributed by atoms with E-state index in [-0.39, 0.29) is 35.4 Å². The number of nitrogens with zero attached hydrogens (tertiary/aromatic N) is 1. The summed E-state index contributed by atoms with van der Waals surface area (Å²) in [6.07, 6.45) is 0. The van der Waals surface area contributed by atoms with Crippen molar-refractivity contribution < 1.29 is 18.3 Å². The van der Waals surface area contributed by atoms with Gasteiger partial charge in [-0.05, 0) is 28.1 Å². The maximum Gasteiger partial charge on any atom is 0.246 e. The summed E-state index contributed by atoms with van der Waals surface area (Å²) in [7, 11) is -2.38. The summed E-state index contributed by atoms with van der Waals surface area (Å²) in [5.41, 5.74) is 0. The monoisotopic (exact) mass is 371 g/mol. The molecule has 0 heterocycles. The highest BCUT2D eigenvalue weighted by Crippen LogP contribution is 2.36. The van der Waals surface area contributed by atoms with Crippen LogP contribution in [0.4, 0.5) is 0 Å². The molecule has 0 fully saturated rings. The molecule has 0 atom stereocenters. The van der Waals surface area contributed by atoms with E-state index in [1.807, 2.05) is 0 Å². The van der Waals surface area contributed by atoms with E-state index in [1.54, 1.807) is 13.0 Å². The quantitative estimate of drug-likeness (QED) is 0.830. The number of benzene rings is 1. The molecule has 1 aromatic carbocycles. The number of aliphatic hydroxyl groups excluding tert-OH is 1. The number of sulfonamides is 1. The Labute approximate surface area is 126 Å². The predicted octanol–water partition coefficient (Wildman–Crippen LogP) is 2.11. The minimum atomic E-state index is -3.77. The Kier molecular flexibility index (Phi) is 6.07. The van der Waals surface area contributed by atoms with Gasteiger partial charge < -0.3 is 9.84 Å². The van der Waals surface area contributed by atoms with Gasteiger partial charge in [0.15, 0.2) is 5.75 Å². The van der Waals surface area contributed by atoms with E-state index in [2.05, 4.69) is 15.9 Å². The van der Waals surface area contributed by atoms with Crippen molar-refractivity contribution in [3.63, 3.8) is 0 Å². The lowest BCUT2D eigenvalue weighted by Gasteiger charge is -2.21. The molecule has 0 aliphatic heterocycles. The highest BCUT2D eigenvalue weighted by atomic mass is 79.9. The predicted molar refractivity (Wildman–Crippen MR) is 77.2 cm³/mol. The van der Waals surface area contributed by atoms with Crippen LogP contribution in [0.5, 0.6) is 5.75 Å². The van der Waals surface area contributed by atoms with Gasteiger partial charge in [0.1, 0.15) is 4.90 Å². The van der Waals surface area contributed by atoms with Crippen molar-refractivity contribution in [2.45, 2.75) is 11.8 Å². The summed E-state index contributed by atoms with van der Waals surface area (Å²) in [6.45, 7) is 1.71. The summed E-state index contributed by atoms with van der Waals surface area (Å²) in [5, 5.41) is 9.22. The van der Waals surface area contributed by atoms with Gasteiger partial charge in [0, 0.05) is 18.1 Å². The molecule has 108 valence electrons. The lowest BCUT2D eigenvalue weighted by Crippen LogP contribution is -2.33. The lowest BCUT2D eigenvalue weighted by atomic mass is 10.3. The van der Waals surface area contributed by atoms with Crippen LogP contribution in [0.15, 0.2) is 21.5 Å². The first-order valence-corrected chi connectivity index (χ1v) is 8.13. The minimum absolute atomic E-state index is 0.0200. The van der Waals surface area contributed by atoms with Crippen LogP contribution in [-0.2, 0) is 10.0 Å². The van der Waals surface area contributed by atoms with E-state index in [4.69, 9.17) is 21.4 Å². The molecule has 0 bridgehead atoms. The highest BCUT2D eigenvalue weighted by molar-refractivity contribution is 9.10. The second kappa shape index (κ2) is 6.90. The van der Waals surface area contributed by atoms with Gasteiger partial charge in [-0.15, -0.1) is 0 Å². The molecule has 5 nitrogen and oxygen atoms in total. The van der Waals surface area contributed by atoms with E-state index in [0.717, 1.165) is 4.31 Å². The third-order valence-corrected chi connectivity index (χ3v) is 5.29. The van der Waals surface area contributed by atoms with Crippen LogP contribution >= 0.6 is 27.5 Å². The van der Waals surface area contributed by atoms with Crippen LogP contribution in [0, 0.1) is 0 Å². The molecular weight excluding hydrogens is 358 g/mol. The van der Waals surface area contributed by atoms with Crippen molar-refractivity contribution >= 4 is 37.6 Å². The second-order valence-electron chi connectivity index (χ2n) is 3.64. The first-order chi connectivity index (χ1) is 8.88. The molecule has 0 saturated carbocycles. The van der Waals surface area contributed by atoms with Gasteiger partial charge in [-0.1, -0.05) is 18.5 Å². The van der Waals surface area contributed by atoms with Gasteiger partial charge >= 0.3 is 0 Å². The first kappa shape index (κ1) is 16.7. The zero-order chi connectivity index (χ0) is 14.6. The Morgan fingerprint density at radius 3 is 2.58 bits per heavy atom. The zero-order valence-electron chi connectivity index (χ0n) is 10.6. The summed E-state index contributed by atoms with van der Waals surface area (Å²) in [6, 6.07) is 2.89. The summed E-state index contributed by atoms with van der Waals surface area (Å²) >= 11 is 9.11. The lowest BCUT2D eigenvalue weighted by molar-refractivity contribution is 0.256. The Morgan fingerprint density at radius 1 is 1.47 bits per heavy atom.